The summed E-state index contributed by atoms with van der Waals surface area (Å²) in [4.78, 5) is 10.7. The second-order valence-corrected chi connectivity index (χ2v) is 6.46. The van der Waals surface area contributed by atoms with Crippen molar-refractivity contribution in [2.45, 2.75) is 10.9 Å². The Bertz CT molecular complexity index is 515. The number of thioether (sulfide) groups is 1. The largest absolute Gasteiger partial charge is 0.548 e. The van der Waals surface area contributed by atoms with Gasteiger partial charge in [-0.1, -0.05) is 11.6 Å². The molecule has 0 radical (unpaired) electrons. The predicted octanol–water partition coefficient (Wildman–Crippen LogP) is 0.0998. The number of hydrogen-bond donors (Lipinski definition) is 1. The lowest BCUT2D eigenvalue weighted by atomic mass is 10.4. The number of carbonyl (C=O) groups is 1. The van der Waals surface area contributed by atoms with Gasteiger partial charge in [0.15, 0.2) is 0 Å². The van der Waals surface area contributed by atoms with E-state index in [0.29, 0.717) is 5.02 Å². The third-order valence-corrected chi connectivity index (χ3v) is 4.45. The first-order valence-corrected chi connectivity index (χ1v) is 8.10. The summed E-state index contributed by atoms with van der Waals surface area (Å²) >= 11 is 6.85. The van der Waals surface area contributed by atoms with Crippen LogP contribution in [0.15, 0.2) is 29.2 Å². The van der Waals surface area contributed by atoms with Crippen LogP contribution in [0.25, 0.3) is 0 Å². The topological polar surface area (TPSA) is 86.3 Å². The second-order valence-electron chi connectivity index (χ2n) is 3.40. The first kappa shape index (κ1) is 15.3. The lowest BCUT2D eigenvalue weighted by molar-refractivity contribution is -0.307. The zero-order valence-electron chi connectivity index (χ0n) is 9.42. The minimum absolute atomic E-state index is 0.0424. The van der Waals surface area contributed by atoms with Gasteiger partial charge < -0.3 is 9.90 Å². The second kappa shape index (κ2) is 6.42. The normalized spacial score (nSPS) is 13.2. The van der Waals surface area contributed by atoms with Gasteiger partial charge in [-0.05, 0) is 30.5 Å². The van der Waals surface area contributed by atoms with Gasteiger partial charge in [0.25, 0.3) is 0 Å². The number of hydrogen-bond acceptors (Lipinski definition) is 5. The lowest BCUT2D eigenvalue weighted by Crippen LogP contribution is -2.49. The van der Waals surface area contributed by atoms with Crippen LogP contribution in [0.2, 0.25) is 5.02 Å². The molecule has 0 spiro atoms. The van der Waals surface area contributed by atoms with Crippen LogP contribution >= 0.6 is 23.4 Å². The molecular weight excluding hydrogens is 298 g/mol. The van der Waals surface area contributed by atoms with Gasteiger partial charge in [0, 0.05) is 10.8 Å². The van der Waals surface area contributed by atoms with Crippen LogP contribution in [-0.2, 0) is 14.8 Å². The van der Waals surface area contributed by atoms with Gasteiger partial charge in [0.2, 0.25) is 10.0 Å². The smallest absolute Gasteiger partial charge is 0.241 e. The maximum absolute atomic E-state index is 11.9. The Morgan fingerprint density at radius 3 is 2.44 bits per heavy atom. The molecule has 8 heteroatoms. The number of benzene rings is 1. The molecule has 1 N–H and O–H groups in total. The average Bonchev–Trinajstić information content (AvgIpc) is 2.28. The van der Waals surface area contributed by atoms with E-state index in [1.165, 1.54) is 36.0 Å². The number of halogens is 1. The van der Waals surface area contributed by atoms with Crippen molar-refractivity contribution in [3.63, 3.8) is 0 Å². The summed E-state index contributed by atoms with van der Waals surface area (Å²) in [5.74, 6) is -1.36. The molecule has 0 aliphatic rings. The van der Waals surface area contributed by atoms with Crippen LogP contribution in [0.1, 0.15) is 0 Å². The molecule has 1 aromatic rings. The number of aliphatic carboxylic acids is 1. The highest BCUT2D eigenvalue weighted by molar-refractivity contribution is 7.98. The van der Waals surface area contributed by atoms with Gasteiger partial charge in [0.1, 0.15) is 0 Å². The minimum Gasteiger partial charge on any atom is -0.548 e. The van der Waals surface area contributed by atoms with Crippen LogP contribution < -0.4 is 9.83 Å². The molecular formula is C10H11ClNO4S2-. The zero-order chi connectivity index (χ0) is 13.8. The Hall–Kier alpha value is -0.760. The maximum Gasteiger partial charge on any atom is 0.241 e. The van der Waals surface area contributed by atoms with Gasteiger partial charge in [-0.2, -0.15) is 11.8 Å². The van der Waals surface area contributed by atoms with Gasteiger partial charge in [-0.25, -0.2) is 13.1 Å². The van der Waals surface area contributed by atoms with Crippen molar-refractivity contribution in [2.24, 2.45) is 0 Å². The molecule has 5 nitrogen and oxygen atoms in total. The van der Waals surface area contributed by atoms with E-state index >= 15 is 0 Å². The van der Waals surface area contributed by atoms with E-state index in [4.69, 9.17) is 11.6 Å². The summed E-state index contributed by atoms with van der Waals surface area (Å²) in [5.41, 5.74) is 0. The van der Waals surface area contributed by atoms with Crippen LogP contribution in [0.4, 0.5) is 0 Å². The molecule has 0 heterocycles. The number of carboxylic acids is 1. The molecule has 0 unspecified atom stereocenters. The Morgan fingerprint density at radius 2 is 2.00 bits per heavy atom. The molecule has 1 aromatic carbocycles. The van der Waals surface area contributed by atoms with Gasteiger partial charge in [0.05, 0.1) is 16.9 Å². The van der Waals surface area contributed by atoms with E-state index in [9.17, 15) is 18.3 Å². The summed E-state index contributed by atoms with van der Waals surface area (Å²) in [5, 5.41) is 11.2. The van der Waals surface area contributed by atoms with E-state index in [-0.39, 0.29) is 10.6 Å². The number of rotatable bonds is 6. The molecule has 1 atom stereocenters. The van der Waals surface area contributed by atoms with Crippen LogP contribution in [-0.4, -0.2) is 32.4 Å². The minimum atomic E-state index is -3.89. The van der Waals surface area contributed by atoms with Crippen molar-refractivity contribution >= 4 is 39.4 Å². The highest BCUT2D eigenvalue weighted by Crippen LogP contribution is 2.14. The van der Waals surface area contributed by atoms with Crippen molar-refractivity contribution in [1.29, 1.82) is 0 Å². The number of carboxylic acid groups (broad SMARTS) is 1. The zero-order valence-corrected chi connectivity index (χ0v) is 11.8. The third-order valence-electron chi connectivity index (χ3n) is 2.04. The molecule has 1 rings (SSSR count). The third kappa shape index (κ3) is 4.16. The lowest BCUT2D eigenvalue weighted by Gasteiger charge is -2.18. The fourth-order valence-electron chi connectivity index (χ4n) is 1.19. The summed E-state index contributed by atoms with van der Waals surface area (Å²) in [6.45, 7) is 0. The summed E-state index contributed by atoms with van der Waals surface area (Å²) in [6.07, 6.45) is 1.67. The molecule has 0 amide bonds. The first-order chi connectivity index (χ1) is 8.36. The monoisotopic (exact) mass is 308 g/mol. The molecule has 0 aliphatic carbocycles. The van der Waals surface area contributed by atoms with Crippen LogP contribution in [0, 0.1) is 0 Å². The average molecular weight is 309 g/mol. The van der Waals surface area contributed by atoms with E-state index in [1.54, 1.807) is 6.26 Å². The number of nitrogens with one attached hydrogen (secondary N) is 1. The summed E-state index contributed by atoms with van der Waals surface area (Å²) < 4.78 is 25.8. The van der Waals surface area contributed by atoms with Crippen molar-refractivity contribution in [2.75, 3.05) is 12.0 Å². The SMILES string of the molecule is CSC[C@@H](NS(=O)(=O)c1ccc(Cl)cc1)C(=O)[O-]. The number of carbonyl (C=O) groups excluding carboxylic acids is 1. The van der Waals surface area contributed by atoms with Gasteiger partial charge >= 0.3 is 0 Å². The molecule has 0 saturated carbocycles. The van der Waals surface area contributed by atoms with Crippen LogP contribution in [0.5, 0.6) is 0 Å². The highest BCUT2D eigenvalue weighted by Gasteiger charge is 2.20. The quantitative estimate of drug-likeness (QED) is 0.805. The van der Waals surface area contributed by atoms with Crippen molar-refractivity contribution in [1.82, 2.24) is 4.72 Å². The van der Waals surface area contributed by atoms with Gasteiger partial charge in [-0.15, -0.1) is 0 Å². The molecule has 0 saturated heterocycles. The van der Waals surface area contributed by atoms with Crippen molar-refractivity contribution in [3.05, 3.63) is 29.3 Å². The maximum atomic E-state index is 11.9. The van der Waals surface area contributed by atoms with E-state index in [2.05, 4.69) is 4.72 Å². The van der Waals surface area contributed by atoms with Gasteiger partial charge in [-0.3, -0.25) is 0 Å². The molecule has 0 aliphatic heterocycles. The highest BCUT2D eigenvalue weighted by atomic mass is 35.5. The summed E-state index contributed by atoms with van der Waals surface area (Å²) in [6, 6.07) is 4.17. The van der Waals surface area contributed by atoms with E-state index < -0.39 is 22.0 Å². The fourth-order valence-corrected chi connectivity index (χ4v) is 3.15. The Labute approximate surface area is 115 Å². The molecule has 18 heavy (non-hydrogen) atoms. The Balaban J connectivity index is 2.93. The standard InChI is InChI=1S/C10H12ClNO4S2/c1-17-6-9(10(13)14)12-18(15,16)8-4-2-7(11)3-5-8/h2-5,9,12H,6H2,1H3,(H,13,14)/p-1/t9-/m1/s1. The van der Waals surface area contributed by atoms with E-state index in [1.807, 2.05) is 0 Å². The summed E-state index contributed by atoms with van der Waals surface area (Å²) in [7, 11) is -3.89. The number of sulfonamides is 1. The molecule has 0 fully saturated rings. The van der Waals surface area contributed by atoms with Crippen molar-refractivity contribution < 1.29 is 18.3 Å². The predicted molar refractivity (Wildman–Crippen MR) is 69.0 cm³/mol. The van der Waals surface area contributed by atoms with Crippen LogP contribution in [0.3, 0.4) is 0 Å². The Kier molecular flexibility index (Phi) is 5.46. The van der Waals surface area contributed by atoms with E-state index in [0.717, 1.165) is 0 Å². The Morgan fingerprint density at radius 1 is 1.44 bits per heavy atom. The molecule has 0 bridgehead atoms. The van der Waals surface area contributed by atoms with Crippen molar-refractivity contribution in [3.8, 4) is 0 Å². The fraction of sp³-hybridized carbons (Fsp3) is 0.300. The first-order valence-electron chi connectivity index (χ1n) is 4.84. The molecule has 0 aromatic heterocycles. The molecule has 100 valence electrons.